The molecule has 0 saturated carbocycles. The molecule has 1 atom stereocenters. The standard InChI is InChI=1S/C10H19NO4/c1-5-14-8(12)7(11)10(3,4)9(13)15-6-2/h7H,5-6,11H2,1-4H3. The molecular formula is C10H19NO4. The molecule has 88 valence electrons. The Morgan fingerprint density at radius 1 is 1.20 bits per heavy atom. The van der Waals surface area contributed by atoms with Gasteiger partial charge in [-0.05, 0) is 27.7 Å². The van der Waals surface area contributed by atoms with Gasteiger partial charge in [0, 0.05) is 0 Å². The molecule has 5 heteroatoms. The number of rotatable bonds is 5. The van der Waals surface area contributed by atoms with Crippen LogP contribution in [0.2, 0.25) is 0 Å². The van der Waals surface area contributed by atoms with E-state index in [4.69, 9.17) is 15.2 Å². The van der Waals surface area contributed by atoms with Crippen LogP contribution in [0.4, 0.5) is 0 Å². The lowest BCUT2D eigenvalue weighted by Crippen LogP contribution is -2.50. The average Bonchev–Trinajstić information content (AvgIpc) is 2.17. The van der Waals surface area contributed by atoms with Gasteiger partial charge in [-0.15, -0.1) is 0 Å². The molecule has 0 aliphatic carbocycles. The van der Waals surface area contributed by atoms with Gasteiger partial charge in [0.15, 0.2) is 0 Å². The minimum Gasteiger partial charge on any atom is -0.466 e. The summed E-state index contributed by atoms with van der Waals surface area (Å²) in [6.07, 6.45) is 0. The van der Waals surface area contributed by atoms with Gasteiger partial charge in [0.1, 0.15) is 6.04 Å². The van der Waals surface area contributed by atoms with Gasteiger partial charge in [-0.3, -0.25) is 9.59 Å². The van der Waals surface area contributed by atoms with Gasteiger partial charge in [-0.1, -0.05) is 0 Å². The molecule has 0 spiro atoms. The van der Waals surface area contributed by atoms with E-state index in [1.54, 1.807) is 27.7 Å². The lowest BCUT2D eigenvalue weighted by Gasteiger charge is -2.27. The first-order valence-electron chi connectivity index (χ1n) is 4.97. The lowest BCUT2D eigenvalue weighted by atomic mass is 9.85. The molecule has 0 aromatic heterocycles. The summed E-state index contributed by atoms with van der Waals surface area (Å²) in [6, 6.07) is -1.00. The predicted octanol–water partition coefficient (Wildman–Crippen LogP) is 0.466. The third kappa shape index (κ3) is 3.51. The van der Waals surface area contributed by atoms with Gasteiger partial charge in [-0.25, -0.2) is 0 Å². The number of carbonyl (C=O) groups excluding carboxylic acids is 2. The quantitative estimate of drug-likeness (QED) is 0.677. The third-order valence-corrected chi connectivity index (χ3v) is 2.12. The van der Waals surface area contributed by atoms with Crippen molar-refractivity contribution in [1.82, 2.24) is 0 Å². The zero-order valence-corrected chi connectivity index (χ0v) is 9.70. The van der Waals surface area contributed by atoms with Crippen LogP contribution in [0.5, 0.6) is 0 Å². The van der Waals surface area contributed by atoms with Crippen molar-refractivity contribution in [2.24, 2.45) is 11.1 Å². The van der Waals surface area contributed by atoms with Crippen LogP contribution >= 0.6 is 0 Å². The Hall–Kier alpha value is -1.10. The van der Waals surface area contributed by atoms with Gasteiger partial charge in [0.25, 0.3) is 0 Å². The van der Waals surface area contributed by atoms with E-state index >= 15 is 0 Å². The molecule has 0 aromatic rings. The first kappa shape index (κ1) is 13.9. The van der Waals surface area contributed by atoms with E-state index < -0.39 is 23.4 Å². The van der Waals surface area contributed by atoms with Crippen molar-refractivity contribution in [3.63, 3.8) is 0 Å². The molecule has 0 amide bonds. The number of esters is 2. The summed E-state index contributed by atoms with van der Waals surface area (Å²) in [6.45, 7) is 7.01. The van der Waals surface area contributed by atoms with Gasteiger partial charge >= 0.3 is 11.9 Å². The van der Waals surface area contributed by atoms with Crippen molar-refractivity contribution in [3.05, 3.63) is 0 Å². The highest BCUT2D eigenvalue weighted by Gasteiger charge is 2.41. The summed E-state index contributed by atoms with van der Waals surface area (Å²) in [7, 11) is 0. The number of carbonyl (C=O) groups is 2. The Balaban J connectivity index is 4.56. The maximum absolute atomic E-state index is 11.5. The number of ether oxygens (including phenoxy) is 2. The molecule has 0 aliphatic rings. The molecule has 0 fully saturated rings. The molecule has 2 N–H and O–H groups in total. The summed E-state index contributed by atoms with van der Waals surface area (Å²) in [5.41, 5.74) is 4.57. The number of hydrogen-bond donors (Lipinski definition) is 1. The van der Waals surface area contributed by atoms with E-state index in [-0.39, 0.29) is 13.2 Å². The minimum absolute atomic E-state index is 0.242. The fraction of sp³-hybridized carbons (Fsp3) is 0.800. The van der Waals surface area contributed by atoms with Crippen molar-refractivity contribution in [1.29, 1.82) is 0 Å². The minimum atomic E-state index is -1.07. The van der Waals surface area contributed by atoms with E-state index in [9.17, 15) is 9.59 Å². The zero-order chi connectivity index (χ0) is 12.1. The van der Waals surface area contributed by atoms with E-state index in [1.807, 2.05) is 0 Å². The smallest absolute Gasteiger partial charge is 0.324 e. The van der Waals surface area contributed by atoms with Gasteiger partial charge in [-0.2, -0.15) is 0 Å². The third-order valence-electron chi connectivity index (χ3n) is 2.12. The lowest BCUT2D eigenvalue weighted by molar-refractivity contribution is -0.162. The van der Waals surface area contributed by atoms with Crippen LogP contribution < -0.4 is 5.73 Å². The largest absolute Gasteiger partial charge is 0.466 e. The second-order valence-corrected chi connectivity index (χ2v) is 3.67. The maximum Gasteiger partial charge on any atom is 0.324 e. The fourth-order valence-electron chi connectivity index (χ4n) is 0.971. The Morgan fingerprint density at radius 3 is 2.07 bits per heavy atom. The number of nitrogens with two attached hydrogens (primary N) is 1. The summed E-state index contributed by atoms with van der Waals surface area (Å²) in [4.78, 5) is 22.8. The second-order valence-electron chi connectivity index (χ2n) is 3.67. The summed E-state index contributed by atoms with van der Waals surface area (Å²) in [5, 5.41) is 0. The summed E-state index contributed by atoms with van der Waals surface area (Å²) < 4.78 is 9.58. The fourth-order valence-corrected chi connectivity index (χ4v) is 0.971. The van der Waals surface area contributed by atoms with Crippen LogP contribution in [0.1, 0.15) is 27.7 Å². The van der Waals surface area contributed by atoms with E-state index in [0.717, 1.165) is 0 Å². The van der Waals surface area contributed by atoms with Crippen molar-refractivity contribution in [2.45, 2.75) is 33.7 Å². The Kier molecular flexibility index (Phi) is 5.28. The first-order valence-corrected chi connectivity index (χ1v) is 4.97. The Morgan fingerprint density at radius 2 is 1.67 bits per heavy atom. The average molecular weight is 217 g/mol. The van der Waals surface area contributed by atoms with Gasteiger partial charge < -0.3 is 15.2 Å². The second kappa shape index (κ2) is 5.70. The van der Waals surface area contributed by atoms with Crippen molar-refractivity contribution in [2.75, 3.05) is 13.2 Å². The van der Waals surface area contributed by atoms with E-state index in [1.165, 1.54) is 0 Å². The normalized spacial score (nSPS) is 13.1. The Labute approximate surface area is 89.9 Å². The molecule has 0 aromatic carbocycles. The SMILES string of the molecule is CCOC(=O)C(N)C(C)(C)C(=O)OCC. The highest BCUT2D eigenvalue weighted by Crippen LogP contribution is 2.22. The molecule has 0 rings (SSSR count). The molecule has 0 bridgehead atoms. The molecule has 15 heavy (non-hydrogen) atoms. The van der Waals surface area contributed by atoms with Gasteiger partial charge in [0.05, 0.1) is 18.6 Å². The van der Waals surface area contributed by atoms with E-state index in [2.05, 4.69) is 0 Å². The molecule has 0 radical (unpaired) electrons. The van der Waals surface area contributed by atoms with Gasteiger partial charge in [0.2, 0.25) is 0 Å². The van der Waals surface area contributed by atoms with Crippen molar-refractivity contribution >= 4 is 11.9 Å². The maximum atomic E-state index is 11.5. The predicted molar refractivity (Wildman–Crippen MR) is 55.0 cm³/mol. The molecule has 0 heterocycles. The van der Waals surface area contributed by atoms with Crippen LogP contribution in [-0.2, 0) is 19.1 Å². The molecule has 5 nitrogen and oxygen atoms in total. The zero-order valence-electron chi connectivity index (χ0n) is 9.70. The van der Waals surface area contributed by atoms with Crippen molar-refractivity contribution < 1.29 is 19.1 Å². The van der Waals surface area contributed by atoms with Crippen LogP contribution in [0.3, 0.4) is 0 Å². The Bertz CT molecular complexity index is 238. The van der Waals surface area contributed by atoms with Crippen LogP contribution in [0, 0.1) is 5.41 Å². The van der Waals surface area contributed by atoms with E-state index in [0.29, 0.717) is 0 Å². The van der Waals surface area contributed by atoms with Crippen LogP contribution in [0.25, 0.3) is 0 Å². The molecule has 1 unspecified atom stereocenters. The topological polar surface area (TPSA) is 78.6 Å². The van der Waals surface area contributed by atoms with Crippen LogP contribution in [0.15, 0.2) is 0 Å². The molecule has 0 saturated heterocycles. The highest BCUT2D eigenvalue weighted by atomic mass is 16.5. The van der Waals surface area contributed by atoms with Crippen molar-refractivity contribution in [3.8, 4) is 0 Å². The summed E-state index contributed by atoms with van der Waals surface area (Å²) >= 11 is 0. The highest BCUT2D eigenvalue weighted by molar-refractivity contribution is 5.87. The summed E-state index contributed by atoms with van der Waals surface area (Å²) in [5.74, 6) is -1.08. The molecular weight excluding hydrogens is 198 g/mol. The monoisotopic (exact) mass is 217 g/mol. The first-order chi connectivity index (χ1) is 6.87. The number of hydrogen-bond acceptors (Lipinski definition) is 5. The molecule has 0 aliphatic heterocycles. The van der Waals surface area contributed by atoms with Crippen LogP contribution in [-0.4, -0.2) is 31.2 Å².